The lowest BCUT2D eigenvalue weighted by Gasteiger charge is -2.20. The number of hydrogen-bond donors (Lipinski definition) is 3. The fourth-order valence-electron chi connectivity index (χ4n) is 4.21. The number of benzene rings is 1. The van der Waals surface area contributed by atoms with Gasteiger partial charge in [-0.1, -0.05) is 34.2 Å². The Bertz CT molecular complexity index is 1310. The van der Waals surface area contributed by atoms with Crippen LogP contribution in [0.1, 0.15) is 25.7 Å². The maximum Gasteiger partial charge on any atom is 0.260 e. The third kappa shape index (κ3) is 4.89. The van der Waals surface area contributed by atoms with Crippen molar-refractivity contribution in [3.63, 3.8) is 0 Å². The summed E-state index contributed by atoms with van der Waals surface area (Å²) in [5, 5.41) is 7.42. The Morgan fingerprint density at radius 3 is 2.69 bits per heavy atom. The number of methoxy groups -OCH3 is 1. The SMILES string of the molecule is COc1cnc(O[C@H]2CN[C@H](C(=O)N[C@]3(C(=O)NS(=O)(=O)C4CC4)C[C@H]3I)C2)c2cc(Cl)ccc12. The quantitative estimate of drug-likeness (QED) is 0.295. The number of carbonyl (C=O) groups excluding carboxylic acids is 2. The summed E-state index contributed by atoms with van der Waals surface area (Å²) < 4.78 is 37.8. The number of nitrogens with one attached hydrogen (secondary N) is 3. The van der Waals surface area contributed by atoms with Gasteiger partial charge < -0.3 is 20.1 Å². The number of ether oxygens (including phenoxy) is 2. The summed E-state index contributed by atoms with van der Waals surface area (Å²) in [6.45, 7) is 0.400. The molecular weight excluding hydrogens is 611 g/mol. The van der Waals surface area contributed by atoms with E-state index in [1.807, 2.05) is 6.07 Å². The zero-order chi connectivity index (χ0) is 25.0. The molecule has 2 aromatic rings. The monoisotopic (exact) mass is 634 g/mol. The predicted molar refractivity (Wildman–Crippen MR) is 138 cm³/mol. The Hall–Kier alpha value is -1.90. The summed E-state index contributed by atoms with van der Waals surface area (Å²) in [4.78, 5) is 30.1. The number of carbonyl (C=O) groups is 2. The molecule has 10 nitrogen and oxygen atoms in total. The summed E-state index contributed by atoms with van der Waals surface area (Å²) in [6, 6.07) is 4.74. The van der Waals surface area contributed by atoms with Gasteiger partial charge in [-0.3, -0.25) is 14.3 Å². The van der Waals surface area contributed by atoms with E-state index in [-0.39, 0.29) is 15.9 Å². The zero-order valence-electron chi connectivity index (χ0n) is 18.7. The first-order chi connectivity index (χ1) is 16.6. The summed E-state index contributed by atoms with van der Waals surface area (Å²) in [7, 11) is -2.13. The van der Waals surface area contributed by atoms with Crippen molar-refractivity contribution >= 4 is 66.8 Å². The molecule has 0 unspecified atom stereocenters. The van der Waals surface area contributed by atoms with Crippen LogP contribution in [0.5, 0.6) is 11.6 Å². The molecule has 3 fully saturated rings. The molecule has 3 aliphatic rings. The van der Waals surface area contributed by atoms with E-state index in [0.29, 0.717) is 54.3 Å². The summed E-state index contributed by atoms with van der Waals surface area (Å²) >= 11 is 8.23. The van der Waals surface area contributed by atoms with Crippen LogP contribution >= 0.6 is 34.2 Å². The van der Waals surface area contributed by atoms with E-state index in [9.17, 15) is 18.0 Å². The minimum atomic E-state index is -3.69. The van der Waals surface area contributed by atoms with Gasteiger partial charge in [-0.2, -0.15) is 0 Å². The highest BCUT2D eigenvalue weighted by Gasteiger charge is 2.61. The van der Waals surface area contributed by atoms with Crippen molar-refractivity contribution in [1.29, 1.82) is 0 Å². The molecule has 0 bridgehead atoms. The lowest BCUT2D eigenvalue weighted by Crippen LogP contribution is -2.55. The second kappa shape index (κ2) is 9.20. The molecule has 2 heterocycles. The fourth-order valence-corrected chi connectivity index (χ4v) is 6.87. The second-order valence-corrected chi connectivity index (χ2v) is 13.0. The predicted octanol–water partition coefficient (Wildman–Crippen LogP) is 1.68. The summed E-state index contributed by atoms with van der Waals surface area (Å²) in [5.74, 6) is -0.0683. The minimum absolute atomic E-state index is 0.188. The van der Waals surface area contributed by atoms with Gasteiger partial charge in [-0.05, 0) is 37.5 Å². The van der Waals surface area contributed by atoms with Crippen molar-refractivity contribution in [3.05, 3.63) is 29.4 Å². The van der Waals surface area contributed by atoms with Gasteiger partial charge in [-0.15, -0.1) is 0 Å². The van der Waals surface area contributed by atoms with Gasteiger partial charge in [0.2, 0.25) is 21.8 Å². The molecule has 1 aromatic carbocycles. The Balaban J connectivity index is 1.24. The highest BCUT2D eigenvalue weighted by molar-refractivity contribution is 14.1. The van der Waals surface area contributed by atoms with Crippen LogP contribution in [0.4, 0.5) is 0 Å². The fraction of sp³-hybridized carbons (Fsp3) is 0.500. The molecule has 0 radical (unpaired) electrons. The molecule has 4 atom stereocenters. The zero-order valence-corrected chi connectivity index (χ0v) is 22.4. The Morgan fingerprint density at radius 1 is 1.29 bits per heavy atom. The maximum absolute atomic E-state index is 13.0. The molecular formula is C22H24ClIN4O6S. The van der Waals surface area contributed by atoms with E-state index >= 15 is 0 Å². The first kappa shape index (κ1) is 24.8. The Morgan fingerprint density at radius 2 is 2.03 bits per heavy atom. The maximum atomic E-state index is 13.0. The number of pyridine rings is 1. The number of hydrogen-bond acceptors (Lipinski definition) is 8. The largest absolute Gasteiger partial charge is 0.494 e. The Kier molecular flexibility index (Phi) is 6.51. The van der Waals surface area contributed by atoms with Crippen LogP contribution in [-0.4, -0.2) is 65.7 Å². The van der Waals surface area contributed by atoms with Gasteiger partial charge >= 0.3 is 0 Å². The first-order valence-corrected chi connectivity index (χ1v) is 14.3. The number of aromatic nitrogens is 1. The smallest absolute Gasteiger partial charge is 0.260 e. The third-order valence-corrected chi connectivity index (χ3v) is 10.1. The average molecular weight is 635 g/mol. The standard InChI is InChI=1S/C22H24ClIN4O6S/c1-33-17-10-26-20(15-6-11(23)2-5-14(15)17)34-12-7-16(25-9-12)19(29)27-22(8-18(22)24)21(30)28-35(31,32)13-3-4-13/h2,5-6,10,12-13,16,18,25H,3-4,7-9H2,1H3,(H,27,29)(H,28,30)/t12-,16+,18-,22-/m1/s1. The van der Waals surface area contributed by atoms with Gasteiger partial charge in [0.15, 0.2) is 0 Å². The number of rotatable bonds is 8. The highest BCUT2D eigenvalue weighted by Crippen LogP contribution is 2.44. The van der Waals surface area contributed by atoms with E-state index in [0.717, 1.165) is 5.39 Å². The van der Waals surface area contributed by atoms with Crippen LogP contribution in [0.3, 0.4) is 0 Å². The van der Waals surface area contributed by atoms with Gasteiger partial charge in [0.1, 0.15) is 17.4 Å². The Labute approximate surface area is 221 Å². The molecule has 2 aliphatic carbocycles. The molecule has 35 heavy (non-hydrogen) atoms. The van der Waals surface area contributed by atoms with Gasteiger partial charge in [0.25, 0.3) is 5.91 Å². The van der Waals surface area contributed by atoms with Gasteiger partial charge in [-0.25, -0.2) is 13.4 Å². The van der Waals surface area contributed by atoms with Gasteiger partial charge in [0.05, 0.1) is 24.6 Å². The van der Waals surface area contributed by atoms with Crippen LogP contribution in [0.15, 0.2) is 24.4 Å². The van der Waals surface area contributed by atoms with Crippen LogP contribution in [0.2, 0.25) is 5.02 Å². The van der Waals surface area contributed by atoms with Crippen LogP contribution in [0.25, 0.3) is 10.8 Å². The van der Waals surface area contributed by atoms with Crippen molar-refractivity contribution in [2.75, 3.05) is 13.7 Å². The van der Waals surface area contributed by atoms with E-state index in [1.165, 1.54) is 0 Å². The molecule has 0 spiro atoms. The van der Waals surface area contributed by atoms with Gasteiger partial charge in [0, 0.05) is 32.7 Å². The van der Waals surface area contributed by atoms with E-state index in [4.69, 9.17) is 21.1 Å². The first-order valence-electron chi connectivity index (χ1n) is 11.2. The highest BCUT2D eigenvalue weighted by atomic mass is 127. The molecule has 2 amide bonds. The van der Waals surface area contributed by atoms with Crippen molar-refractivity contribution in [1.82, 2.24) is 20.3 Å². The van der Waals surface area contributed by atoms with Crippen molar-refractivity contribution in [2.24, 2.45) is 0 Å². The van der Waals surface area contributed by atoms with Crippen molar-refractivity contribution < 1.29 is 27.5 Å². The molecule has 188 valence electrons. The number of sulfonamides is 1. The molecule has 1 aromatic heterocycles. The van der Waals surface area contributed by atoms with Crippen molar-refractivity contribution in [3.8, 4) is 11.6 Å². The number of nitrogens with zero attached hydrogens (tertiary/aromatic N) is 1. The summed E-state index contributed by atoms with van der Waals surface area (Å²) in [5.41, 5.74) is -1.22. The normalized spacial score (nSPS) is 27.9. The van der Waals surface area contributed by atoms with E-state index < -0.39 is 32.8 Å². The van der Waals surface area contributed by atoms with Crippen LogP contribution in [-0.2, 0) is 19.6 Å². The average Bonchev–Trinajstić information content (AvgIpc) is 3.72. The number of fused-ring (bicyclic) bond motifs is 1. The lowest BCUT2D eigenvalue weighted by molar-refractivity contribution is -0.129. The molecule has 1 saturated heterocycles. The van der Waals surface area contributed by atoms with Crippen molar-refractivity contribution in [2.45, 2.75) is 52.5 Å². The van der Waals surface area contributed by atoms with E-state index in [2.05, 4.69) is 42.9 Å². The summed E-state index contributed by atoms with van der Waals surface area (Å²) in [6.07, 6.45) is 3.06. The van der Waals surface area contributed by atoms with E-state index in [1.54, 1.807) is 25.4 Å². The molecule has 1 aliphatic heterocycles. The lowest BCUT2D eigenvalue weighted by atomic mass is 10.1. The van der Waals surface area contributed by atoms with Crippen LogP contribution < -0.4 is 24.8 Å². The topological polar surface area (TPSA) is 136 Å². The molecule has 5 rings (SSSR count). The third-order valence-electron chi connectivity index (χ3n) is 6.51. The number of alkyl halides is 1. The second-order valence-electron chi connectivity index (χ2n) is 9.07. The minimum Gasteiger partial charge on any atom is -0.494 e. The number of amides is 2. The molecule has 13 heteroatoms. The molecule has 2 saturated carbocycles. The molecule has 3 N–H and O–H groups in total. The number of halogens is 2. The van der Waals surface area contributed by atoms with Crippen LogP contribution in [0, 0.1) is 0 Å².